The highest BCUT2D eigenvalue weighted by atomic mass is 79.9. The molecule has 0 saturated carbocycles. The number of phenols is 1. The van der Waals surface area contributed by atoms with Crippen LogP contribution in [0.25, 0.3) is 0 Å². The zero-order valence-corrected chi connectivity index (χ0v) is 11.8. The number of nitrogens with one attached hydrogen (secondary N) is 2. The first-order valence-corrected chi connectivity index (χ1v) is 6.87. The van der Waals surface area contributed by atoms with E-state index in [4.69, 9.17) is 0 Å². The lowest BCUT2D eigenvalue weighted by Gasteiger charge is -2.30. The summed E-state index contributed by atoms with van der Waals surface area (Å²) < 4.78 is 0.754. The third-order valence-corrected chi connectivity index (χ3v) is 3.84. The molecule has 0 aliphatic carbocycles. The summed E-state index contributed by atoms with van der Waals surface area (Å²) in [6, 6.07) is 5.01. The highest BCUT2D eigenvalue weighted by Crippen LogP contribution is 2.22. The molecule has 5 heteroatoms. The van der Waals surface area contributed by atoms with Crippen molar-refractivity contribution < 1.29 is 9.90 Å². The van der Waals surface area contributed by atoms with Crippen molar-refractivity contribution in [2.75, 3.05) is 13.1 Å². The molecule has 4 nitrogen and oxygen atoms in total. The smallest absolute Gasteiger partial charge is 0.255 e. The molecule has 0 aromatic heterocycles. The van der Waals surface area contributed by atoms with Crippen molar-refractivity contribution in [3.63, 3.8) is 0 Å². The van der Waals surface area contributed by atoms with E-state index in [-0.39, 0.29) is 17.7 Å². The molecule has 1 aliphatic heterocycles. The van der Waals surface area contributed by atoms with Gasteiger partial charge in [-0.05, 0) is 37.1 Å². The standard InChI is InChI=1S/C13H17BrN2O2/c1-8-4-5-15-7-11(8)16-13(18)10-3-2-9(14)6-12(10)17/h2-3,6,8,11,15,17H,4-5,7H2,1H3,(H,16,18). The van der Waals surface area contributed by atoms with Gasteiger partial charge >= 0.3 is 0 Å². The molecule has 0 spiro atoms. The van der Waals surface area contributed by atoms with E-state index in [1.54, 1.807) is 12.1 Å². The lowest BCUT2D eigenvalue weighted by atomic mass is 9.94. The van der Waals surface area contributed by atoms with Gasteiger partial charge in [-0.1, -0.05) is 22.9 Å². The van der Waals surface area contributed by atoms with Crippen molar-refractivity contribution in [1.82, 2.24) is 10.6 Å². The average molecular weight is 313 g/mol. The van der Waals surface area contributed by atoms with E-state index < -0.39 is 0 Å². The van der Waals surface area contributed by atoms with Crippen LogP contribution >= 0.6 is 15.9 Å². The van der Waals surface area contributed by atoms with Crippen molar-refractivity contribution in [2.24, 2.45) is 5.92 Å². The Bertz CT molecular complexity index is 451. The van der Waals surface area contributed by atoms with E-state index in [1.807, 2.05) is 0 Å². The van der Waals surface area contributed by atoms with Gasteiger partial charge in [0.05, 0.1) is 5.56 Å². The Morgan fingerprint density at radius 1 is 1.56 bits per heavy atom. The van der Waals surface area contributed by atoms with Crippen molar-refractivity contribution in [2.45, 2.75) is 19.4 Å². The van der Waals surface area contributed by atoms with Crippen LogP contribution in [0.15, 0.2) is 22.7 Å². The van der Waals surface area contributed by atoms with Gasteiger partial charge in [-0.3, -0.25) is 4.79 Å². The van der Waals surface area contributed by atoms with Crippen LogP contribution < -0.4 is 10.6 Å². The van der Waals surface area contributed by atoms with Crippen LogP contribution in [-0.4, -0.2) is 30.1 Å². The summed E-state index contributed by atoms with van der Waals surface area (Å²) >= 11 is 3.25. The zero-order chi connectivity index (χ0) is 13.1. The second-order valence-corrected chi connectivity index (χ2v) is 5.63. The minimum atomic E-state index is -0.222. The Hall–Kier alpha value is -1.07. The molecule has 1 aromatic rings. The minimum absolute atomic E-state index is 0.00158. The van der Waals surface area contributed by atoms with Gasteiger partial charge in [0.15, 0.2) is 0 Å². The zero-order valence-electron chi connectivity index (χ0n) is 10.2. The fourth-order valence-electron chi connectivity index (χ4n) is 2.13. The van der Waals surface area contributed by atoms with Crippen LogP contribution in [-0.2, 0) is 0 Å². The second-order valence-electron chi connectivity index (χ2n) is 4.71. The third-order valence-electron chi connectivity index (χ3n) is 3.35. The first-order valence-electron chi connectivity index (χ1n) is 6.08. The summed E-state index contributed by atoms with van der Waals surface area (Å²) in [6.45, 7) is 3.91. The molecule has 98 valence electrons. The van der Waals surface area contributed by atoms with Crippen LogP contribution in [0.2, 0.25) is 0 Å². The number of amides is 1. The molecule has 2 rings (SSSR count). The SMILES string of the molecule is CC1CCNCC1NC(=O)c1ccc(Br)cc1O. The summed E-state index contributed by atoms with van der Waals surface area (Å²) in [5.74, 6) is 0.228. The molecule has 2 atom stereocenters. The van der Waals surface area contributed by atoms with Gasteiger partial charge in [0, 0.05) is 17.1 Å². The number of hydrogen-bond donors (Lipinski definition) is 3. The monoisotopic (exact) mass is 312 g/mol. The molecular formula is C13H17BrN2O2. The fraction of sp³-hybridized carbons (Fsp3) is 0.462. The number of aromatic hydroxyl groups is 1. The number of piperidine rings is 1. The molecule has 18 heavy (non-hydrogen) atoms. The van der Waals surface area contributed by atoms with Crippen molar-refractivity contribution >= 4 is 21.8 Å². The van der Waals surface area contributed by atoms with Crippen molar-refractivity contribution in [3.05, 3.63) is 28.2 Å². The van der Waals surface area contributed by atoms with E-state index in [1.165, 1.54) is 6.07 Å². The molecule has 3 N–H and O–H groups in total. The maximum Gasteiger partial charge on any atom is 0.255 e. The number of carbonyl (C=O) groups is 1. The molecule has 1 aliphatic rings. The Labute approximate surface area is 115 Å². The minimum Gasteiger partial charge on any atom is -0.507 e. The lowest BCUT2D eigenvalue weighted by molar-refractivity contribution is 0.0912. The van der Waals surface area contributed by atoms with Gasteiger partial charge < -0.3 is 15.7 Å². The normalized spacial score (nSPS) is 23.7. The quantitative estimate of drug-likeness (QED) is 0.781. The Kier molecular flexibility index (Phi) is 4.24. The maximum absolute atomic E-state index is 12.1. The molecule has 1 amide bonds. The number of halogens is 1. The molecule has 1 aromatic carbocycles. The van der Waals surface area contributed by atoms with Gasteiger partial charge in [-0.15, -0.1) is 0 Å². The topological polar surface area (TPSA) is 61.4 Å². The number of phenolic OH excluding ortho intramolecular Hbond substituents is 1. The van der Waals surface area contributed by atoms with Gasteiger partial charge in [-0.25, -0.2) is 0 Å². The van der Waals surface area contributed by atoms with Gasteiger partial charge in [0.1, 0.15) is 5.75 Å². The van der Waals surface area contributed by atoms with Crippen LogP contribution in [0, 0.1) is 5.92 Å². The molecule has 1 saturated heterocycles. The largest absolute Gasteiger partial charge is 0.507 e. The fourth-order valence-corrected chi connectivity index (χ4v) is 2.47. The van der Waals surface area contributed by atoms with E-state index >= 15 is 0 Å². The molecule has 0 radical (unpaired) electrons. The number of hydrogen-bond acceptors (Lipinski definition) is 3. The van der Waals surface area contributed by atoms with E-state index in [9.17, 15) is 9.90 Å². The highest BCUT2D eigenvalue weighted by Gasteiger charge is 2.23. The molecule has 1 fully saturated rings. The lowest BCUT2D eigenvalue weighted by Crippen LogP contribution is -2.50. The molecule has 0 bridgehead atoms. The predicted octanol–water partition coefficient (Wildman–Crippen LogP) is 1.88. The molecule has 1 heterocycles. The van der Waals surface area contributed by atoms with Gasteiger partial charge in [0.25, 0.3) is 5.91 Å². The predicted molar refractivity (Wildman–Crippen MR) is 73.7 cm³/mol. The van der Waals surface area contributed by atoms with E-state index in [0.29, 0.717) is 11.5 Å². The molecular weight excluding hydrogens is 296 g/mol. The van der Waals surface area contributed by atoms with Gasteiger partial charge in [-0.2, -0.15) is 0 Å². The van der Waals surface area contributed by atoms with Crippen molar-refractivity contribution in [1.29, 1.82) is 0 Å². The Balaban J connectivity index is 2.07. The summed E-state index contributed by atoms with van der Waals surface area (Å²) in [7, 11) is 0. The second kappa shape index (κ2) is 5.71. The van der Waals surface area contributed by atoms with Crippen LogP contribution in [0.5, 0.6) is 5.75 Å². The van der Waals surface area contributed by atoms with Crippen molar-refractivity contribution in [3.8, 4) is 5.75 Å². The summed E-state index contributed by atoms with van der Waals surface area (Å²) in [5, 5.41) is 16.0. The highest BCUT2D eigenvalue weighted by molar-refractivity contribution is 9.10. The molecule has 2 unspecified atom stereocenters. The average Bonchev–Trinajstić information content (AvgIpc) is 2.32. The van der Waals surface area contributed by atoms with E-state index in [2.05, 4.69) is 33.5 Å². The summed E-state index contributed by atoms with van der Waals surface area (Å²) in [6.07, 6.45) is 1.05. The summed E-state index contributed by atoms with van der Waals surface area (Å²) in [5.41, 5.74) is 0.316. The van der Waals surface area contributed by atoms with Crippen LogP contribution in [0.3, 0.4) is 0 Å². The summed E-state index contributed by atoms with van der Waals surface area (Å²) in [4.78, 5) is 12.1. The van der Waals surface area contributed by atoms with Crippen LogP contribution in [0.4, 0.5) is 0 Å². The Morgan fingerprint density at radius 2 is 2.33 bits per heavy atom. The number of carbonyl (C=O) groups excluding carboxylic acids is 1. The third kappa shape index (κ3) is 3.03. The van der Waals surface area contributed by atoms with Crippen LogP contribution in [0.1, 0.15) is 23.7 Å². The Morgan fingerprint density at radius 3 is 3.00 bits per heavy atom. The number of rotatable bonds is 2. The number of benzene rings is 1. The first kappa shape index (κ1) is 13.4. The maximum atomic E-state index is 12.1. The van der Waals surface area contributed by atoms with Gasteiger partial charge in [0.2, 0.25) is 0 Å². The first-order chi connectivity index (χ1) is 8.58. The van der Waals surface area contributed by atoms with E-state index in [0.717, 1.165) is 24.0 Å².